The molecule has 4 heterocycles. The molecule has 0 saturated heterocycles. The molecule has 9 rings (SSSR count). The van der Waals surface area contributed by atoms with Gasteiger partial charge in [0.15, 0.2) is 17.2 Å². The molecule has 42 heavy (non-hydrogen) atoms. The number of hydrogen-bond donors (Lipinski definition) is 0. The average Bonchev–Trinajstić information content (AvgIpc) is 3.60. The van der Waals surface area contributed by atoms with Gasteiger partial charge in [-0.2, -0.15) is 9.97 Å². The van der Waals surface area contributed by atoms with Crippen LogP contribution in [-0.2, 0) is 0 Å². The zero-order chi connectivity index (χ0) is 27.6. The number of benzene rings is 5. The predicted molar refractivity (Wildman–Crippen MR) is 165 cm³/mol. The van der Waals surface area contributed by atoms with E-state index in [-0.39, 0.29) is 0 Å². The summed E-state index contributed by atoms with van der Waals surface area (Å²) in [5, 5.41) is 4.13. The highest BCUT2D eigenvalue weighted by Gasteiger charge is 2.22. The van der Waals surface area contributed by atoms with Crippen LogP contribution in [-0.4, -0.2) is 29.5 Å². The summed E-state index contributed by atoms with van der Waals surface area (Å²) >= 11 is 0. The SMILES string of the molecule is c1ccc(-c2nc(-c3ccccc3)nc(-n3c4cc5nccnc5cc4c4ccc5c6ccccc6oc5c43)n2)cc1. The van der Waals surface area contributed by atoms with Gasteiger partial charge in [0, 0.05) is 45.1 Å². The Morgan fingerprint density at radius 1 is 0.524 bits per heavy atom. The monoisotopic (exact) mass is 540 g/mol. The molecule has 7 nitrogen and oxygen atoms in total. The van der Waals surface area contributed by atoms with E-state index in [0.29, 0.717) is 17.6 Å². The highest BCUT2D eigenvalue weighted by atomic mass is 16.3. The van der Waals surface area contributed by atoms with Gasteiger partial charge in [-0.25, -0.2) is 4.98 Å². The molecule has 0 unspecified atom stereocenters. The Hall–Kier alpha value is -5.95. The van der Waals surface area contributed by atoms with Gasteiger partial charge in [-0.3, -0.25) is 14.5 Å². The number of fused-ring (bicyclic) bond motifs is 8. The Balaban J connectivity index is 1.47. The first-order valence-electron chi connectivity index (χ1n) is 13.7. The third-order valence-corrected chi connectivity index (χ3v) is 7.75. The van der Waals surface area contributed by atoms with E-state index in [1.165, 1.54) is 0 Å². The molecule has 0 saturated carbocycles. The van der Waals surface area contributed by atoms with Crippen molar-refractivity contribution in [1.29, 1.82) is 0 Å². The molecule has 0 radical (unpaired) electrons. The average molecular weight is 541 g/mol. The summed E-state index contributed by atoms with van der Waals surface area (Å²) in [6.07, 6.45) is 3.43. The summed E-state index contributed by atoms with van der Waals surface area (Å²) in [5.41, 5.74) is 6.82. The Labute approximate surface area is 238 Å². The maximum Gasteiger partial charge on any atom is 0.238 e. The molecule has 0 aliphatic rings. The van der Waals surface area contributed by atoms with Crippen molar-refractivity contribution in [3.05, 3.63) is 122 Å². The molecule has 0 amide bonds. The van der Waals surface area contributed by atoms with Crippen LogP contribution in [0.4, 0.5) is 0 Å². The van der Waals surface area contributed by atoms with Crippen molar-refractivity contribution >= 4 is 54.8 Å². The molecule has 0 spiro atoms. The van der Waals surface area contributed by atoms with Crippen LogP contribution in [0.1, 0.15) is 0 Å². The summed E-state index contributed by atoms with van der Waals surface area (Å²) in [6.45, 7) is 0. The Morgan fingerprint density at radius 2 is 1.14 bits per heavy atom. The minimum atomic E-state index is 0.499. The minimum absolute atomic E-state index is 0.499. The highest BCUT2D eigenvalue weighted by Crippen LogP contribution is 2.40. The van der Waals surface area contributed by atoms with Crippen LogP contribution in [0, 0.1) is 0 Å². The van der Waals surface area contributed by atoms with Gasteiger partial charge in [0.2, 0.25) is 5.95 Å². The van der Waals surface area contributed by atoms with Crippen LogP contribution < -0.4 is 0 Å². The minimum Gasteiger partial charge on any atom is -0.454 e. The topological polar surface area (TPSA) is 82.5 Å². The molecule has 0 atom stereocenters. The lowest BCUT2D eigenvalue weighted by Crippen LogP contribution is -2.06. The summed E-state index contributed by atoms with van der Waals surface area (Å²) in [4.78, 5) is 24.3. The van der Waals surface area contributed by atoms with E-state index in [1.807, 2.05) is 78.9 Å². The Kier molecular flexibility index (Phi) is 4.77. The summed E-state index contributed by atoms with van der Waals surface area (Å²) in [5.74, 6) is 1.68. The van der Waals surface area contributed by atoms with Gasteiger partial charge in [0.25, 0.3) is 0 Å². The summed E-state index contributed by atoms with van der Waals surface area (Å²) in [6, 6.07) is 36.5. The largest absolute Gasteiger partial charge is 0.454 e. The van der Waals surface area contributed by atoms with Gasteiger partial charge in [-0.1, -0.05) is 84.9 Å². The molecule has 0 aliphatic heterocycles. The highest BCUT2D eigenvalue weighted by molar-refractivity contribution is 6.22. The second-order valence-electron chi connectivity index (χ2n) is 10.2. The molecule has 0 N–H and O–H groups in total. The zero-order valence-corrected chi connectivity index (χ0v) is 22.1. The van der Waals surface area contributed by atoms with Gasteiger partial charge in [0.1, 0.15) is 11.1 Å². The fourth-order valence-electron chi connectivity index (χ4n) is 5.84. The fourth-order valence-corrected chi connectivity index (χ4v) is 5.84. The maximum absolute atomic E-state index is 6.56. The van der Waals surface area contributed by atoms with Crippen molar-refractivity contribution in [2.75, 3.05) is 0 Å². The first-order valence-corrected chi connectivity index (χ1v) is 13.7. The van der Waals surface area contributed by atoms with Gasteiger partial charge < -0.3 is 4.42 Å². The standard InChI is InChI=1S/C35H20N6O/c1-3-9-21(10-4-1)33-38-34(22-11-5-2-6-12-22)40-35(39-33)41-29-20-28-27(36-17-18-37-28)19-26(29)24-15-16-25-23-13-7-8-14-30(23)42-32(25)31(24)41/h1-20H. The second kappa shape index (κ2) is 8.78. The Morgan fingerprint density at radius 3 is 1.86 bits per heavy atom. The van der Waals surface area contributed by atoms with Crippen LogP contribution in [0.15, 0.2) is 126 Å². The molecule has 4 aromatic heterocycles. The van der Waals surface area contributed by atoms with E-state index in [9.17, 15) is 0 Å². The van der Waals surface area contributed by atoms with Crippen molar-refractivity contribution in [1.82, 2.24) is 29.5 Å². The van der Waals surface area contributed by atoms with E-state index in [0.717, 1.165) is 65.9 Å². The van der Waals surface area contributed by atoms with E-state index in [4.69, 9.17) is 19.4 Å². The number of nitrogens with zero attached hydrogens (tertiary/aromatic N) is 6. The van der Waals surface area contributed by atoms with Gasteiger partial charge in [0.05, 0.1) is 16.6 Å². The molecule has 0 fully saturated rings. The number of furan rings is 1. The van der Waals surface area contributed by atoms with E-state index >= 15 is 0 Å². The van der Waals surface area contributed by atoms with Crippen LogP contribution in [0.2, 0.25) is 0 Å². The third-order valence-electron chi connectivity index (χ3n) is 7.75. The lowest BCUT2D eigenvalue weighted by molar-refractivity contribution is 0.670. The van der Waals surface area contributed by atoms with Crippen molar-refractivity contribution < 1.29 is 4.42 Å². The lowest BCUT2D eigenvalue weighted by Gasteiger charge is -2.11. The Bertz CT molecular complexity index is 2400. The molecule has 5 aromatic carbocycles. The van der Waals surface area contributed by atoms with E-state index in [2.05, 4.69) is 44.9 Å². The number of hydrogen-bond acceptors (Lipinski definition) is 6. The van der Waals surface area contributed by atoms with Crippen LogP contribution in [0.5, 0.6) is 0 Å². The summed E-state index contributed by atoms with van der Waals surface area (Å²) in [7, 11) is 0. The van der Waals surface area contributed by atoms with Gasteiger partial charge in [-0.05, 0) is 24.3 Å². The van der Waals surface area contributed by atoms with Crippen LogP contribution >= 0.6 is 0 Å². The molecule has 7 heteroatoms. The maximum atomic E-state index is 6.56. The zero-order valence-electron chi connectivity index (χ0n) is 22.1. The number of aromatic nitrogens is 6. The van der Waals surface area contributed by atoms with E-state index < -0.39 is 0 Å². The quantitative estimate of drug-likeness (QED) is 0.225. The van der Waals surface area contributed by atoms with E-state index in [1.54, 1.807) is 12.4 Å². The molecular formula is C35H20N6O. The van der Waals surface area contributed by atoms with Gasteiger partial charge in [-0.15, -0.1) is 0 Å². The molecule has 0 aliphatic carbocycles. The molecule has 0 bridgehead atoms. The van der Waals surface area contributed by atoms with Crippen molar-refractivity contribution in [3.8, 4) is 28.7 Å². The molecule has 9 aromatic rings. The van der Waals surface area contributed by atoms with Crippen LogP contribution in [0.25, 0.3) is 83.5 Å². The van der Waals surface area contributed by atoms with Gasteiger partial charge >= 0.3 is 0 Å². The summed E-state index contributed by atoms with van der Waals surface area (Å²) < 4.78 is 8.65. The first kappa shape index (κ1) is 22.8. The number of para-hydroxylation sites is 1. The fraction of sp³-hybridized carbons (Fsp3) is 0. The smallest absolute Gasteiger partial charge is 0.238 e. The second-order valence-corrected chi connectivity index (χ2v) is 10.2. The normalized spacial score (nSPS) is 11.8. The molecular weight excluding hydrogens is 520 g/mol. The van der Waals surface area contributed by atoms with Crippen molar-refractivity contribution in [3.63, 3.8) is 0 Å². The van der Waals surface area contributed by atoms with Crippen molar-refractivity contribution in [2.45, 2.75) is 0 Å². The lowest BCUT2D eigenvalue weighted by atomic mass is 10.1. The first-order chi connectivity index (χ1) is 20.8. The van der Waals surface area contributed by atoms with Crippen molar-refractivity contribution in [2.24, 2.45) is 0 Å². The third kappa shape index (κ3) is 3.37. The van der Waals surface area contributed by atoms with Crippen LogP contribution in [0.3, 0.4) is 0 Å². The molecule has 196 valence electrons. The predicted octanol–water partition coefficient (Wildman–Crippen LogP) is 8.15. The number of rotatable bonds is 3.